The van der Waals surface area contributed by atoms with Gasteiger partial charge in [-0.25, -0.2) is 0 Å². The van der Waals surface area contributed by atoms with E-state index >= 15 is 0 Å². The van der Waals surface area contributed by atoms with Crippen molar-refractivity contribution < 1.29 is 9.84 Å². The lowest BCUT2D eigenvalue weighted by molar-refractivity contribution is 0.141. The Morgan fingerprint density at radius 2 is 2.14 bits per heavy atom. The lowest BCUT2D eigenvalue weighted by Crippen LogP contribution is -2.39. The average Bonchev–Trinajstić information content (AvgIpc) is 2.52. The molecule has 3 N–H and O–H groups in total. The Morgan fingerprint density at radius 3 is 2.68 bits per heavy atom. The van der Waals surface area contributed by atoms with E-state index < -0.39 is 0 Å². The summed E-state index contributed by atoms with van der Waals surface area (Å²) in [5.74, 6) is 1.51. The zero-order chi connectivity index (χ0) is 16.1. The van der Waals surface area contributed by atoms with E-state index in [-0.39, 0.29) is 11.8 Å². The van der Waals surface area contributed by atoms with Gasteiger partial charge in [0.1, 0.15) is 0 Å². The minimum Gasteiger partial charge on any atom is -0.504 e. The van der Waals surface area contributed by atoms with Gasteiger partial charge in [0, 0.05) is 18.2 Å². The molecule has 0 aromatic heterocycles. The Balaban J connectivity index is 2.31. The zero-order valence-corrected chi connectivity index (χ0v) is 13.7. The van der Waals surface area contributed by atoms with Gasteiger partial charge in [-0.2, -0.15) is 0 Å². The third-order valence-corrected chi connectivity index (χ3v) is 4.63. The predicted octanol–water partition coefficient (Wildman–Crippen LogP) is 2.86. The van der Waals surface area contributed by atoms with E-state index in [2.05, 4.69) is 18.4 Å². The smallest absolute Gasteiger partial charge is 0.161 e. The van der Waals surface area contributed by atoms with E-state index in [4.69, 9.17) is 10.5 Å². The van der Waals surface area contributed by atoms with Crippen LogP contribution in [0.1, 0.15) is 36.9 Å². The number of aromatic hydroxyl groups is 1. The van der Waals surface area contributed by atoms with Crippen molar-refractivity contribution in [3.8, 4) is 11.5 Å². The normalized spacial score (nSPS) is 18.1. The number of ether oxygens (including phenoxy) is 1. The molecular weight excluding hydrogens is 276 g/mol. The molecule has 1 aromatic rings. The first-order valence-electron chi connectivity index (χ1n) is 8.05. The number of phenolic OH excluding ortho intramolecular Hbond substituents is 1. The fourth-order valence-electron chi connectivity index (χ4n) is 3.18. The monoisotopic (exact) mass is 304 g/mol. The third kappa shape index (κ3) is 3.62. The molecule has 4 nitrogen and oxygen atoms in total. The van der Waals surface area contributed by atoms with Crippen LogP contribution in [0.4, 0.5) is 0 Å². The second kappa shape index (κ2) is 7.65. The Bertz CT molecular complexity index is 508. The van der Waals surface area contributed by atoms with Crippen molar-refractivity contribution in [2.24, 2.45) is 11.7 Å². The molecule has 1 unspecified atom stereocenters. The van der Waals surface area contributed by atoms with E-state index in [9.17, 15) is 5.11 Å². The molecule has 0 spiro atoms. The van der Waals surface area contributed by atoms with Crippen molar-refractivity contribution in [1.82, 2.24) is 4.90 Å². The molecule has 1 aromatic carbocycles. The first-order valence-corrected chi connectivity index (χ1v) is 8.05. The maximum Gasteiger partial charge on any atom is 0.161 e. The maximum atomic E-state index is 10.2. The van der Waals surface area contributed by atoms with Crippen LogP contribution in [0.25, 0.3) is 0 Å². The highest BCUT2D eigenvalue weighted by Gasteiger charge is 2.25. The summed E-state index contributed by atoms with van der Waals surface area (Å²) in [5.41, 5.74) is 8.01. The van der Waals surface area contributed by atoms with Crippen molar-refractivity contribution in [1.29, 1.82) is 0 Å². The number of nitrogens with two attached hydrogens (primary N) is 1. The molecule has 1 heterocycles. The van der Waals surface area contributed by atoms with Crippen LogP contribution in [0.15, 0.2) is 24.8 Å². The molecule has 1 saturated heterocycles. The van der Waals surface area contributed by atoms with Crippen LogP contribution >= 0.6 is 0 Å². The number of methoxy groups -OCH3 is 1. The van der Waals surface area contributed by atoms with Crippen molar-refractivity contribution in [3.63, 3.8) is 0 Å². The van der Waals surface area contributed by atoms with Crippen molar-refractivity contribution >= 4 is 0 Å². The van der Waals surface area contributed by atoms with Crippen LogP contribution in [0.3, 0.4) is 0 Å². The molecule has 0 saturated carbocycles. The molecule has 122 valence electrons. The second-order valence-electron chi connectivity index (χ2n) is 6.19. The Labute approximate surface area is 133 Å². The number of phenols is 1. The minimum atomic E-state index is 0.172. The molecule has 2 rings (SSSR count). The fourth-order valence-corrected chi connectivity index (χ4v) is 3.18. The van der Waals surface area contributed by atoms with Crippen LogP contribution in [0, 0.1) is 5.92 Å². The molecule has 4 heteroatoms. The van der Waals surface area contributed by atoms with Crippen molar-refractivity contribution in [2.45, 2.75) is 32.2 Å². The fraction of sp³-hybridized carbons (Fsp3) is 0.556. The van der Waals surface area contributed by atoms with Gasteiger partial charge in [0.2, 0.25) is 0 Å². The number of likely N-dealkylation sites (tertiary alicyclic amines) is 1. The summed E-state index contributed by atoms with van der Waals surface area (Å²) in [5, 5.41) is 10.2. The molecule has 0 bridgehead atoms. The number of rotatable bonds is 6. The molecule has 1 aliphatic heterocycles. The van der Waals surface area contributed by atoms with Crippen molar-refractivity contribution in [2.75, 3.05) is 26.7 Å². The van der Waals surface area contributed by atoms with Gasteiger partial charge in [0.15, 0.2) is 11.5 Å². The van der Waals surface area contributed by atoms with Gasteiger partial charge < -0.3 is 15.6 Å². The molecule has 0 radical (unpaired) electrons. The molecule has 1 atom stereocenters. The topological polar surface area (TPSA) is 58.7 Å². The summed E-state index contributed by atoms with van der Waals surface area (Å²) in [4.78, 5) is 2.45. The maximum absolute atomic E-state index is 10.2. The highest BCUT2D eigenvalue weighted by molar-refractivity contribution is 5.50. The lowest BCUT2D eigenvalue weighted by Gasteiger charge is -2.36. The standard InChI is InChI=1S/C18H28N2O2/c1-4-5-14-10-15(11-17(22-3)18(14)21)16(12-19)20-8-6-13(2)7-9-20/h4,10-11,13,16,21H,1,5-9,12,19H2,2-3H3. The summed E-state index contributed by atoms with van der Waals surface area (Å²) in [6.07, 6.45) is 4.83. The van der Waals surface area contributed by atoms with E-state index in [0.717, 1.165) is 30.1 Å². The number of benzene rings is 1. The van der Waals surface area contributed by atoms with Gasteiger partial charge >= 0.3 is 0 Å². The molecule has 22 heavy (non-hydrogen) atoms. The predicted molar refractivity (Wildman–Crippen MR) is 90.3 cm³/mol. The number of hydrogen-bond acceptors (Lipinski definition) is 4. The van der Waals surface area contributed by atoms with Gasteiger partial charge in [0.25, 0.3) is 0 Å². The van der Waals surface area contributed by atoms with Crippen LogP contribution in [-0.2, 0) is 6.42 Å². The zero-order valence-electron chi connectivity index (χ0n) is 13.7. The summed E-state index contributed by atoms with van der Waals surface area (Å²) in [6, 6.07) is 4.12. The van der Waals surface area contributed by atoms with Gasteiger partial charge in [-0.3, -0.25) is 4.90 Å². The van der Waals surface area contributed by atoms with Crippen LogP contribution in [0.5, 0.6) is 11.5 Å². The number of allylic oxidation sites excluding steroid dienone is 1. The van der Waals surface area contributed by atoms with Gasteiger partial charge in [0.05, 0.1) is 7.11 Å². The largest absolute Gasteiger partial charge is 0.504 e. The van der Waals surface area contributed by atoms with E-state index in [1.54, 1.807) is 13.2 Å². The Hall–Kier alpha value is -1.52. The lowest BCUT2D eigenvalue weighted by atomic mass is 9.94. The quantitative estimate of drug-likeness (QED) is 0.793. The minimum absolute atomic E-state index is 0.172. The van der Waals surface area contributed by atoms with Crippen LogP contribution < -0.4 is 10.5 Å². The SMILES string of the molecule is C=CCc1cc(C(CN)N2CCC(C)CC2)cc(OC)c1O. The third-order valence-electron chi connectivity index (χ3n) is 4.63. The Morgan fingerprint density at radius 1 is 1.45 bits per heavy atom. The van der Waals surface area contributed by atoms with Crippen LogP contribution in [0.2, 0.25) is 0 Å². The molecule has 1 fully saturated rings. The van der Waals surface area contributed by atoms with Crippen molar-refractivity contribution in [3.05, 3.63) is 35.9 Å². The molecule has 1 aliphatic rings. The van der Waals surface area contributed by atoms with E-state index in [0.29, 0.717) is 18.7 Å². The van der Waals surface area contributed by atoms with E-state index in [1.807, 2.05) is 12.1 Å². The Kier molecular flexibility index (Phi) is 5.86. The van der Waals surface area contributed by atoms with Crippen LogP contribution in [-0.4, -0.2) is 36.8 Å². The summed E-state index contributed by atoms with van der Waals surface area (Å²) in [7, 11) is 1.58. The second-order valence-corrected chi connectivity index (χ2v) is 6.19. The molecule has 0 aliphatic carbocycles. The van der Waals surface area contributed by atoms with Gasteiger partial charge in [-0.1, -0.05) is 13.0 Å². The van der Waals surface area contributed by atoms with E-state index in [1.165, 1.54) is 12.8 Å². The first kappa shape index (κ1) is 16.8. The number of nitrogens with zero attached hydrogens (tertiary/aromatic N) is 1. The van der Waals surface area contributed by atoms with Gasteiger partial charge in [-0.15, -0.1) is 6.58 Å². The van der Waals surface area contributed by atoms with Gasteiger partial charge in [-0.05, 0) is 56.0 Å². The average molecular weight is 304 g/mol. The number of piperidine rings is 1. The summed E-state index contributed by atoms with van der Waals surface area (Å²) in [6.45, 7) is 8.77. The first-order chi connectivity index (χ1) is 10.6. The number of hydrogen-bond donors (Lipinski definition) is 2. The summed E-state index contributed by atoms with van der Waals surface area (Å²) < 4.78 is 5.33. The summed E-state index contributed by atoms with van der Waals surface area (Å²) >= 11 is 0. The highest BCUT2D eigenvalue weighted by Crippen LogP contribution is 2.36. The highest BCUT2D eigenvalue weighted by atomic mass is 16.5. The molecular formula is C18H28N2O2. The molecule has 0 amide bonds.